The Morgan fingerprint density at radius 1 is 0.759 bits per heavy atom. The average Bonchev–Trinajstić information content (AvgIpc) is 3.18. The number of rotatable bonds is 18. The summed E-state index contributed by atoms with van der Waals surface area (Å²) in [6.45, 7) is 1.17. The first kappa shape index (κ1) is 46.0. The zero-order valence-electron chi connectivity index (χ0n) is 32.2. The molecule has 0 aromatic heterocycles. The number of phenols is 1. The highest BCUT2D eigenvalue weighted by atomic mass is 16.7. The Kier molecular flexibility index (Phi) is 16.5. The molecular formula is C39H50O19. The van der Waals surface area contributed by atoms with Crippen molar-refractivity contribution in [3.05, 3.63) is 59.7 Å². The Bertz CT molecular complexity index is 1720. The van der Waals surface area contributed by atoms with Crippen molar-refractivity contribution in [2.45, 2.75) is 93.7 Å². The lowest BCUT2D eigenvalue weighted by molar-refractivity contribution is -0.325. The summed E-state index contributed by atoms with van der Waals surface area (Å²) in [6, 6.07) is 9.01. The summed E-state index contributed by atoms with van der Waals surface area (Å²) in [6.07, 6.45) is -11.4. The number of ketones is 1. The Hall–Kier alpha value is -4.67. The molecular weight excluding hydrogens is 772 g/mol. The second-order valence-corrected chi connectivity index (χ2v) is 13.8. The Morgan fingerprint density at radius 2 is 1.34 bits per heavy atom. The highest BCUT2D eigenvalue weighted by Crippen LogP contribution is 2.41. The Labute approximate surface area is 333 Å². The topological polar surface area (TPSA) is 287 Å². The van der Waals surface area contributed by atoms with Crippen LogP contribution in [0.25, 0.3) is 12.2 Å². The van der Waals surface area contributed by atoms with Gasteiger partial charge in [-0.25, -0.2) is 4.79 Å². The summed E-state index contributed by atoms with van der Waals surface area (Å²) in [4.78, 5) is 37.6. The van der Waals surface area contributed by atoms with E-state index in [0.29, 0.717) is 11.1 Å². The van der Waals surface area contributed by atoms with Gasteiger partial charge in [-0.1, -0.05) is 18.2 Å². The van der Waals surface area contributed by atoms with Gasteiger partial charge in [0, 0.05) is 12.5 Å². The van der Waals surface area contributed by atoms with Crippen molar-refractivity contribution < 1.29 is 93.1 Å². The SMILES string of the molecule is COc1cc(/C=C\COC(=O)C[C@](C)(CC(C)=O)O[C@@H]2O[C@H](COC(=O)/C=C/c3ccc(O)cc3)[C@H](O)[C@H](O)[C@H]2O)cc(OC)c1O[C@@H]1O[C@H](CO)[C@@H](O)[C@H](O)[C@H]1O. The largest absolute Gasteiger partial charge is 0.508 e. The molecule has 0 amide bonds. The van der Waals surface area contributed by atoms with Crippen LogP contribution in [-0.4, -0.2) is 160 Å². The molecule has 19 heteroatoms. The van der Waals surface area contributed by atoms with E-state index in [1.807, 2.05) is 0 Å². The summed E-state index contributed by atoms with van der Waals surface area (Å²) < 4.78 is 44.1. The van der Waals surface area contributed by atoms with E-state index in [9.17, 15) is 55.2 Å². The van der Waals surface area contributed by atoms with Crippen LogP contribution in [0.2, 0.25) is 0 Å². The number of carbonyl (C=O) groups is 3. The third-order valence-corrected chi connectivity index (χ3v) is 9.12. The number of benzene rings is 2. The number of hydrogen-bond acceptors (Lipinski definition) is 19. The number of aliphatic hydroxyl groups is 7. The number of aliphatic hydroxyl groups excluding tert-OH is 7. The number of hydrogen-bond donors (Lipinski definition) is 8. The number of carbonyl (C=O) groups excluding carboxylic acids is 3. The lowest BCUT2D eigenvalue weighted by atomic mass is 9.94. The molecule has 2 aromatic rings. The Morgan fingerprint density at radius 3 is 1.93 bits per heavy atom. The summed E-state index contributed by atoms with van der Waals surface area (Å²) in [7, 11) is 2.67. The maximum Gasteiger partial charge on any atom is 0.330 e. The van der Waals surface area contributed by atoms with Crippen LogP contribution in [0.5, 0.6) is 23.0 Å². The molecule has 0 aliphatic carbocycles. The van der Waals surface area contributed by atoms with Gasteiger partial charge in [-0.3, -0.25) is 9.59 Å². The lowest BCUT2D eigenvalue weighted by Crippen LogP contribution is -2.61. The minimum absolute atomic E-state index is 0.0248. The van der Waals surface area contributed by atoms with E-state index in [0.717, 1.165) is 6.08 Å². The number of esters is 2. The van der Waals surface area contributed by atoms with Crippen LogP contribution in [-0.2, 0) is 38.1 Å². The summed E-state index contributed by atoms with van der Waals surface area (Å²) in [5, 5.41) is 81.3. The number of Topliss-reactive ketones (excluding diaryl/α,β-unsaturated/α-hetero) is 1. The van der Waals surface area contributed by atoms with Crippen LogP contribution in [0.15, 0.2) is 48.6 Å². The van der Waals surface area contributed by atoms with Crippen molar-refractivity contribution in [3.8, 4) is 23.0 Å². The molecule has 11 atom stereocenters. The van der Waals surface area contributed by atoms with Crippen molar-refractivity contribution in [3.63, 3.8) is 0 Å². The van der Waals surface area contributed by atoms with E-state index in [2.05, 4.69) is 0 Å². The maximum atomic E-state index is 13.0. The zero-order valence-corrected chi connectivity index (χ0v) is 32.2. The van der Waals surface area contributed by atoms with Gasteiger partial charge in [-0.2, -0.15) is 0 Å². The van der Waals surface area contributed by atoms with Crippen LogP contribution in [0.4, 0.5) is 0 Å². The Balaban J connectivity index is 1.36. The first-order valence-electron chi connectivity index (χ1n) is 18.0. The molecule has 2 aliphatic heterocycles. The van der Waals surface area contributed by atoms with Crippen molar-refractivity contribution in [1.29, 1.82) is 0 Å². The van der Waals surface area contributed by atoms with Gasteiger partial charge < -0.3 is 78.7 Å². The second kappa shape index (κ2) is 20.8. The third kappa shape index (κ3) is 12.2. The normalized spacial score (nSPS) is 28.5. The average molecular weight is 823 g/mol. The highest BCUT2D eigenvalue weighted by molar-refractivity contribution is 5.87. The van der Waals surface area contributed by atoms with Gasteiger partial charge in [0.15, 0.2) is 17.8 Å². The summed E-state index contributed by atoms with van der Waals surface area (Å²) in [5.74, 6) is -1.80. The standard InChI is InChI=1S/C39H50O19/c1-20(41)16-39(2,58-38-35(50)33(48)31(46)27(56-38)19-54-28(43)12-9-21-7-10-23(42)11-8-21)17-29(44)53-13-5-6-22-14-24(51-3)36(25(15-22)52-4)57-37-34(49)32(47)30(45)26(18-40)55-37/h5-12,14-15,26-27,30-35,37-38,40,42,45-50H,13,16-19H2,1-4H3/b6-5-,12-9+/t26-,27-,30-,31+,32+,33+,34-,35-,37+,38+,39+/m1/s1. The fraction of sp³-hybridized carbons (Fsp3) is 0.513. The van der Waals surface area contributed by atoms with Gasteiger partial charge in [-0.05, 0) is 61.4 Å². The summed E-state index contributed by atoms with van der Waals surface area (Å²) in [5.41, 5.74) is -0.563. The third-order valence-electron chi connectivity index (χ3n) is 9.12. The van der Waals surface area contributed by atoms with E-state index in [1.165, 1.54) is 64.5 Å². The van der Waals surface area contributed by atoms with Gasteiger partial charge in [0.25, 0.3) is 0 Å². The molecule has 0 spiro atoms. The first-order chi connectivity index (χ1) is 27.5. The fourth-order valence-electron chi connectivity index (χ4n) is 6.14. The number of phenolic OH excluding ortho intramolecular Hbond substituents is 1. The van der Waals surface area contributed by atoms with Crippen LogP contribution in [0.3, 0.4) is 0 Å². The molecule has 4 rings (SSSR count). The first-order valence-corrected chi connectivity index (χ1v) is 18.0. The van der Waals surface area contributed by atoms with Crippen molar-refractivity contribution in [1.82, 2.24) is 0 Å². The smallest absolute Gasteiger partial charge is 0.330 e. The fourth-order valence-corrected chi connectivity index (χ4v) is 6.14. The molecule has 0 saturated carbocycles. The van der Waals surface area contributed by atoms with Gasteiger partial charge in [-0.15, -0.1) is 0 Å². The lowest BCUT2D eigenvalue weighted by Gasteiger charge is -2.43. The van der Waals surface area contributed by atoms with Crippen molar-refractivity contribution >= 4 is 29.9 Å². The van der Waals surface area contributed by atoms with Gasteiger partial charge in [0.05, 0.1) is 32.8 Å². The molecule has 0 radical (unpaired) electrons. The molecule has 2 aromatic carbocycles. The predicted octanol–water partition coefficient (Wildman–Crippen LogP) is -0.647. The molecule has 2 heterocycles. The minimum atomic E-state index is -1.83. The quantitative estimate of drug-likeness (QED) is 0.0685. The molecule has 8 N–H and O–H groups in total. The van der Waals surface area contributed by atoms with Gasteiger partial charge in [0.1, 0.15) is 73.6 Å². The minimum Gasteiger partial charge on any atom is -0.508 e. The maximum absolute atomic E-state index is 13.0. The van der Waals surface area contributed by atoms with E-state index < -0.39 is 104 Å². The van der Waals surface area contributed by atoms with Crippen LogP contribution >= 0.6 is 0 Å². The molecule has 2 saturated heterocycles. The molecule has 2 aliphatic rings. The summed E-state index contributed by atoms with van der Waals surface area (Å²) >= 11 is 0. The molecule has 0 bridgehead atoms. The molecule has 320 valence electrons. The highest BCUT2D eigenvalue weighted by Gasteiger charge is 2.48. The number of aromatic hydroxyl groups is 1. The number of methoxy groups -OCH3 is 2. The van der Waals surface area contributed by atoms with Crippen LogP contribution in [0.1, 0.15) is 37.8 Å². The second-order valence-electron chi connectivity index (χ2n) is 13.8. The molecule has 58 heavy (non-hydrogen) atoms. The predicted molar refractivity (Wildman–Crippen MR) is 198 cm³/mol. The van der Waals surface area contributed by atoms with E-state index >= 15 is 0 Å². The zero-order chi connectivity index (χ0) is 42.7. The van der Waals surface area contributed by atoms with E-state index in [-0.39, 0.29) is 36.0 Å². The van der Waals surface area contributed by atoms with E-state index in [4.69, 9.17) is 37.9 Å². The van der Waals surface area contributed by atoms with Crippen LogP contribution < -0.4 is 14.2 Å². The molecule has 19 nitrogen and oxygen atoms in total. The van der Waals surface area contributed by atoms with E-state index in [1.54, 1.807) is 18.2 Å². The van der Waals surface area contributed by atoms with Gasteiger partial charge in [0.2, 0.25) is 12.0 Å². The van der Waals surface area contributed by atoms with Crippen molar-refractivity contribution in [2.24, 2.45) is 0 Å². The van der Waals surface area contributed by atoms with Crippen LogP contribution in [0, 0.1) is 0 Å². The van der Waals surface area contributed by atoms with Crippen molar-refractivity contribution in [2.75, 3.05) is 34.0 Å². The molecule has 2 fully saturated rings. The molecule has 0 unspecified atom stereocenters. The van der Waals surface area contributed by atoms with Gasteiger partial charge >= 0.3 is 11.9 Å². The number of ether oxygens (including phenoxy) is 8. The monoisotopic (exact) mass is 822 g/mol.